The highest BCUT2D eigenvalue weighted by Gasteiger charge is 2.19. The number of anilines is 1. The number of carbonyl (C=O) groups excluding carboxylic acids is 1. The maximum absolute atomic E-state index is 13.1. The van der Waals surface area contributed by atoms with Gasteiger partial charge in [-0.15, -0.1) is 0 Å². The van der Waals surface area contributed by atoms with Crippen LogP contribution in [0.3, 0.4) is 0 Å². The Labute approximate surface area is 181 Å². The number of fused-ring (bicyclic) bond motifs is 1. The van der Waals surface area contributed by atoms with Gasteiger partial charge in [0, 0.05) is 25.9 Å². The number of nitrogens with zero attached hydrogens (tertiary/aromatic N) is 4. The van der Waals surface area contributed by atoms with Crippen LogP contribution >= 0.6 is 11.8 Å². The molecule has 0 fully saturated rings. The molecule has 1 amide bonds. The third-order valence-corrected chi connectivity index (χ3v) is 5.69. The van der Waals surface area contributed by atoms with Crippen LogP contribution < -0.4 is 4.90 Å². The molecular formula is C23H26N4O2S. The molecule has 1 aromatic heterocycles. The first kappa shape index (κ1) is 21.9. The molecule has 6 nitrogen and oxygen atoms in total. The van der Waals surface area contributed by atoms with Gasteiger partial charge in [-0.2, -0.15) is 5.26 Å². The molecule has 0 saturated carbocycles. The Kier molecular flexibility index (Phi) is 7.50. The highest BCUT2D eigenvalue weighted by molar-refractivity contribution is 7.99. The van der Waals surface area contributed by atoms with Crippen LogP contribution in [-0.4, -0.2) is 41.5 Å². The molecule has 0 aliphatic carbocycles. The van der Waals surface area contributed by atoms with Crippen LogP contribution in [-0.2, 0) is 16.1 Å². The molecule has 0 bridgehead atoms. The summed E-state index contributed by atoms with van der Waals surface area (Å²) in [6.45, 7) is 5.63. The van der Waals surface area contributed by atoms with Crippen molar-refractivity contribution in [2.45, 2.75) is 32.0 Å². The number of benzene rings is 2. The third-order valence-electron chi connectivity index (χ3n) is 4.73. The quantitative estimate of drug-likeness (QED) is 0.480. The lowest BCUT2D eigenvalue weighted by atomic mass is 10.1. The normalized spacial score (nSPS) is 10.9. The lowest BCUT2D eigenvalue weighted by Gasteiger charge is -2.22. The van der Waals surface area contributed by atoms with E-state index in [9.17, 15) is 4.79 Å². The number of thioether (sulfide) groups is 1. The Morgan fingerprint density at radius 3 is 2.67 bits per heavy atom. The summed E-state index contributed by atoms with van der Waals surface area (Å²) in [5.74, 6) is 0.208. The van der Waals surface area contributed by atoms with E-state index in [1.54, 1.807) is 12.0 Å². The number of nitriles is 1. The zero-order chi connectivity index (χ0) is 21.5. The topological polar surface area (TPSA) is 71.2 Å². The van der Waals surface area contributed by atoms with E-state index in [4.69, 9.17) is 15.0 Å². The fourth-order valence-corrected chi connectivity index (χ4v) is 4.35. The minimum atomic E-state index is -0.0365. The summed E-state index contributed by atoms with van der Waals surface area (Å²) in [5, 5.41) is 9.84. The number of hydrogen-bond acceptors (Lipinski definition) is 5. The summed E-state index contributed by atoms with van der Waals surface area (Å²) >= 11 is 1.42. The van der Waals surface area contributed by atoms with Crippen LogP contribution in [0.4, 0.5) is 5.69 Å². The number of imidazole rings is 1. The number of rotatable bonds is 9. The van der Waals surface area contributed by atoms with Gasteiger partial charge in [0.05, 0.1) is 35.9 Å². The second-order valence-electron chi connectivity index (χ2n) is 7.12. The van der Waals surface area contributed by atoms with Crippen LogP contribution in [0.1, 0.15) is 17.5 Å². The molecule has 0 radical (unpaired) electrons. The summed E-state index contributed by atoms with van der Waals surface area (Å²) in [6, 6.07) is 16.1. The van der Waals surface area contributed by atoms with E-state index in [-0.39, 0.29) is 18.1 Å². The van der Waals surface area contributed by atoms with Crippen molar-refractivity contribution in [3.8, 4) is 6.07 Å². The predicted octanol–water partition coefficient (Wildman–Crippen LogP) is 4.34. The smallest absolute Gasteiger partial charge is 0.237 e. The van der Waals surface area contributed by atoms with Crippen molar-refractivity contribution in [3.05, 3.63) is 53.6 Å². The van der Waals surface area contributed by atoms with Crippen molar-refractivity contribution in [3.63, 3.8) is 0 Å². The number of amides is 1. The predicted molar refractivity (Wildman–Crippen MR) is 121 cm³/mol. The Morgan fingerprint density at radius 2 is 1.97 bits per heavy atom. The fraction of sp³-hybridized carbons (Fsp3) is 0.348. The van der Waals surface area contributed by atoms with Gasteiger partial charge in [0.2, 0.25) is 5.91 Å². The SMILES string of the molecule is COCCn1c(SCC(=O)N(CCC#N)c2cc(C)cc(C)c2)nc2ccccc21. The number of aryl methyl sites for hydroxylation is 2. The van der Waals surface area contributed by atoms with Crippen molar-refractivity contribution in [1.29, 1.82) is 5.26 Å². The van der Waals surface area contributed by atoms with Crippen molar-refractivity contribution < 1.29 is 9.53 Å². The van der Waals surface area contributed by atoms with Gasteiger partial charge in [-0.05, 0) is 49.2 Å². The van der Waals surface area contributed by atoms with Crippen molar-refractivity contribution >= 4 is 34.4 Å². The minimum absolute atomic E-state index is 0.0365. The highest BCUT2D eigenvalue weighted by Crippen LogP contribution is 2.26. The highest BCUT2D eigenvalue weighted by atomic mass is 32.2. The molecule has 0 aliphatic rings. The molecule has 1 heterocycles. The fourth-order valence-electron chi connectivity index (χ4n) is 3.43. The Morgan fingerprint density at radius 1 is 1.23 bits per heavy atom. The van der Waals surface area contributed by atoms with E-state index in [1.165, 1.54) is 11.8 Å². The first-order chi connectivity index (χ1) is 14.5. The summed E-state index contributed by atoms with van der Waals surface area (Å²) in [7, 11) is 1.67. The van der Waals surface area contributed by atoms with Crippen molar-refractivity contribution in [1.82, 2.24) is 9.55 Å². The number of para-hydroxylation sites is 2. The summed E-state index contributed by atoms with van der Waals surface area (Å²) in [5.41, 5.74) is 4.95. The van der Waals surface area contributed by atoms with Gasteiger partial charge in [-0.1, -0.05) is 30.0 Å². The average Bonchev–Trinajstić information content (AvgIpc) is 3.07. The number of hydrogen-bond donors (Lipinski definition) is 0. The second-order valence-corrected chi connectivity index (χ2v) is 8.06. The van der Waals surface area contributed by atoms with E-state index < -0.39 is 0 Å². The summed E-state index contributed by atoms with van der Waals surface area (Å²) in [4.78, 5) is 19.5. The number of carbonyl (C=O) groups is 1. The maximum Gasteiger partial charge on any atom is 0.237 e. The largest absolute Gasteiger partial charge is 0.383 e. The molecule has 0 spiro atoms. The van der Waals surface area contributed by atoms with Crippen molar-refractivity contribution in [2.75, 3.05) is 30.9 Å². The standard InChI is InChI=1S/C23H26N4O2S/c1-17-13-18(2)15-19(14-17)26(10-6-9-24)22(28)16-30-23-25-20-7-4-5-8-21(20)27(23)11-12-29-3/h4-5,7-8,13-15H,6,10-12,16H2,1-3H3. The molecule has 0 atom stereocenters. The molecule has 0 unspecified atom stereocenters. The molecule has 7 heteroatoms. The zero-order valence-corrected chi connectivity index (χ0v) is 18.4. The third kappa shape index (κ3) is 5.21. The van der Waals surface area contributed by atoms with Gasteiger partial charge in [0.15, 0.2) is 5.16 Å². The number of methoxy groups -OCH3 is 1. The van der Waals surface area contributed by atoms with E-state index in [0.717, 1.165) is 33.0 Å². The van der Waals surface area contributed by atoms with Crippen LogP contribution in [0, 0.1) is 25.2 Å². The van der Waals surface area contributed by atoms with Crippen molar-refractivity contribution in [2.24, 2.45) is 0 Å². The molecular weight excluding hydrogens is 396 g/mol. The summed E-state index contributed by atoms with van der Waals surface area (Å²) < 4.78 is 7.33. The Bertz CT molecular complexity index is 1050. The van der Waals surface area contributed by atoms with Crippen LogP contribution in [0.15, 0.2) is 47.6 Å². The van der Waals surface area contributed by atoms with Gasteiger partial charge < -0.3 is 14.2 Å². The second kappa shape index (κ2) is 10.3. The molecule has 0 N–H and O–H groups in total. The van der Waals surface area contributed by atoms with Crippen LogP contribution in [0.2, 0.25) is 0 Å². The molecule has 156 valence electrons. The van der Waals surface area contributed by atoms with Gasteiger partial charge in [0.25, 0.3) is 0 Å². The number of aromatic nitrogens is 2. The van der Waals surface area contributed by atoms with Gasteiger partial charge in [0.1, 0.15) is 0 Å². The molecule has 0 aliphatic heterocycles. The molecule has 30 heavy (non-hydrogen) atoms. The van der Waals surface area contributed by atoms with E-state index in [2.05, 4.69) is 16.7 Å². The molecule has 3 aromatic rings. The van der Waals surface area contributed by atoms with Gasteiger partial charge in [-0.3, -0.25) is 4.79 Å². The van der Waals surface area contributed by atoms with Crippen LogP contribution in [0.5, 0.6) is 0 Å². The molecule has 2 aromatic carbocycles. The first-order valence-corrected chi connectivity index (χ1v) is 10.8. The molecule has 3 rings (SSSR count). The van der Waals surface area contributed by atoms with E-state index >= 15 is 0 Å². The first-order valence-electron chi connectivity index (χ1n) is 9.86. The lowest BCUT2D eigenvalue weighted by Crippen LogP contribution is -2.33. The summed E-state index contributed by atoms with van der Waals surface area (Å²) in [6.07, 6.45) is 0.287. The van der Waals surface area contributed by atoms with Gasteiger partial charge in [-0.25, -0.2) is 4.98 Å². The lowest BCUT2D eigenvalue weighted by molar-refractivity contribution is -0.116. The van der Waals surface area contributed by atoms with E-state index in [1.807, 2.05) is 50.2 Å². The monoisotopic (exact) mass is 422 g/mol. The Balaban J connectivity index is 1.82. The minimum Gasteiger partial charge on any atom is -0.383 e. The molecule has 0 saturated heterocycles. The van der Waals surface area contributed by atoms with Crippen LogP contribution in [0.25, 0.3) is 11.0 Å². The Hall–Kier alpha value is -2.82. The zero-order valence-electron chi connectivity index (χ0n) is 17.6. The van der Waals surface area contributed by atoms with Gasteiger partial charge >= 0.3 is 0 Å². The van der Waals surface area contributed by atoms with E-state index in [0.29, 0.717) is 19.7 Å². The number of ether oxygens (including phenoxy) is 1. The average molecular weight is 423 g/mol. The maximum atomic E-state index is 13.1.